The number of nitrogens with zero attached hydrogens (tertiary/aromatic N) is 3. The molecule has 4 aromatic rings. The summed E-state index contributed by atoms with van der Waals surface area (Å²) in [5.74, 6) is -0.0233. The van der Waals surface area contributed by atoms with Crippen LogP contribution in [-0.2, 0) is 11.2 Å². The lowest BCUT2D eigenvalue weighted by molar-refractivity contribution is -0.116. The second-order valence-corrected chi connectivity index (χ2v) is 7.04. The van der Waals surface area contributed by atoms with Crippen molar-refractivity contribution in [2.45, 2.75) is 26.7 Å². The largest absolute Gasteiger partial charge is 0.309 e. The first-order chi connectivity index (χ1) is 14.0. The first-order valence-corrected chi connectivity index (χ1v) is 9.48. The number of aromatic nitrogens is 3. The van der Waals surface area contributed by atoms with E-state index in [0.717, 1.165) is 22.5 Å². The number of benzene rings is 2. The lowest BCUT2D eigenvalue weighted by Crippen LogP contribution is -2.13. The Morgan fingerprint density at radius 3 is 2.52 bits per heavy atom. The van der Waals surface area contributed by atoms with E-state index in [0.29, 0.717) is 29.9 Å². The van der Waals surface area contributed by atoms with Crippen LogP contribution in [0.1, 0.15) is 23.4 Å². The molecule has 0 atom stereocenters. The molecular formula is C23H21FN4O. The topological polar surface area (TPSA) is 59.3 Å². The summed E-state index contributed by atoms with van der Waals surface area (Å²) in [4.78, 5) is 17.2. The highest BCUT2D eigenvalue weighted by molar-refractivity contribution is 5.97. The summed E-state index contributed by atoms with van der Waals surface area (Å²) in [6.45, 7) is 3.84. The van der Waals surface area contributed by atoms with Gasteiger partial charge in [-0.15, -0.1) is 5.10 Å². The van der Waals surface area contributed by atoms with Crippen molar-refractivity contribution in [2.75, 3.05) is 5.32 Å². The molecule has 0 saturated carbocycles. The van der Waals surface area contributed by atoms with Crippen LogP contribution in [0, 0.1) is 19.7 Å². The molecule has 5 nitrogen and oxygen atoms in total. The smallest absolute Gasteiger partial charge is 0.225 e. The molecule has 2 heterocycles. The van der Waals surface area contributed by atoms with E-state index in [9.17, 15) is 9.18 Å². The standard InChI is InChI=1S/C23H21FN4O/c1-15-14-16(2)28-23(25-15)21(18-9-11-19(24)12-10-18)22(27-28)26-20(29)13-8-17-6-4-3-5-7-17/h3-7,9-12,14H,8,13H2,1-2H3,(H,26,27,29). The number of amides is 1. The number of anilines is 1. The Labute approximate surface area is 168 Å². The van der Waals surface area contributed by atoms with Gasteiger partial charge in [-0.25, -0.2) is 13.9 Å². The van der Waals surface area contributed by atoms with Gasteiger partial charge in [0.2, 0.25) is 5.91 Å². The highest BCUT2D eigenvalue weighted by Gasteiger charge is 2.19. The van der Waals surface area contributed by atoms with Crippen LogP contribution in [0.3, 0.4) is 0 Å². The molecule has 29 heavy (non-hydrogen) atoms. The average Bonchev–Trinajstić information content (AvgIpc) is 3.06. The molecule has 0 aliphatic carbocycles. The van der Waals surface area contributed by atoms with Gasteiger partial charge >= 0.3 is 0 Å². The molecule has 0 aliphatic heterocycles. The predicted molar refractivity (Wildman–Crippen MR) is 111 cm³/mol. The SMILES string of the molecule is Cc1cc(C)n2nc(NC(=O)CCc3ccccc3)c(-c3ccc(F)cc3)c2n1. The first-order valence-electron chi connectivity index (χ1n) is 9.48. The van der Waals surface area contributed by atoms with Crippen molar-refractivity contribution in [3.05, 3.63) is 83.4 Å². The number of rotatable bonds is 5. The Morgan fingerprint density at radius 2 is 1.79 bits per heavy atom. The number of hydrogen-bond acceptors (Lipinski definition) is 3. The Bertz CT molecular complexity index is 1170. The number of hydrogen-bond donors (Lipinski definition) is 1. The van der Waals surface area contributed by atoms with Crippen LogP contribution < -0.4 is 5.32 Å². The van der Waals surface area contributed by atoms with Crippen LogP contribution in [0.25, 0.3) is 16.8 Å². The molecule has 146 valence electrons. The second-order valence-electron chi connectivity index (χ2n) is 7.04. The van der Waals surface area contributed by atoms with Crippen LogP contribution in [0.15, 0.2) is 60.7 Å². The predicted octanol–water partition coefficient (Wildman–Crippen LogP) is 4.72. The van der Waals surface area contributed by atoms with Crippen LogP contribution >= 0.6 is 0 Å². The molecule has 0 unspecified atom stereocenters. The van der Waals surface area contributed by atoms with Gasteiger partial charge in [-0.1, -0.05) is 42.5 Å². The Hall–Kier alpha value is -3.54. The summed E-state index contributed by atoms with van der Waals surface area (Å²) < 4.78 is 15.1. The van der Waals surface area contributed by atoms with E-state index in [-0.39, 0.29) is 11.7 Å². The fourth-order valence-corrected chi connectivity index (χ4v) is 3.39. The minimum Gasteiger partial charge on any atom is -0.309 e. The number of carbonyl (C=O) groups excluding carboxylic acids is 1. The maximum atomic E-state index is 13.4. The van der Waals surface area contributed by atoms with Crippen LogP contribution in [0.5, 0.6) is 0 Å². The quantitative estimate of drug-likeness (QED) is 0.538. The zero-order valence-corrected chi connectivity index (χ0v) is 16.3. The molecule has 0 saturated heterocycles. The molecule has 1 N–H and O–H groups in total. The molecule has 0 spiro atoms. The highest BCUT2D eigenvalue weighted by atomic mass is 19.1. The Balaban J connectivity index is 1.69. The zero-order valence-electron chi connectivity index (χ0n) is 16.3. The third-order valence-electron chi connectivity index (χ3n) is 4.77. The van der Waals surface area contributed by atoms with Gasteiger partial charge < -0.3 is 5.32 Å². The Morgan fingerprint density at radius 1 is 1.07 bits per heavy atom. The number of aryl methyl sites for hydroxylation is 3. The van der Waals surface area contributed by atoms with E-state index >= 15 is 0 Å². The van der Waals surface area contributed by atoms with Crippen molar-refractivity contribution in [3.8, 4) is 11.1 Å². The normalized spacial score (nSPS) is 11.0. The molecule has 0 bridgehead atoms. The van der Waals surface area contributed by atoms with Gasteiger partial charge in [-0.3, -0.25) is 4.79 Å². The molecular weight excluding hydrogens is 367 g/mol. The molecule has 0 radical (unpaired) electrons. The molecule has 2 aromatic heterocycles. The molecule has 1 amide bonds. The molecule has 4 rings (SSSR count). The summed E-state index contributed by atoms with van der Waals surface area (Å²) in [6, 6.07) is 17.9. The minimum atomic E-state index is -0.320. The second kappa shape index (κ2) is 7.83. The maximum Gasteiger partial charge on any atom is 0.225 e. The summed E-state index contributed by atoms with van der Waals surface area (Å²) in [7, 11) is 0. The lowest BCUT2D eigenvalue weighted by Gasteiger charge is -2.06. The monoisotopic (exact) mass is 388 g/mol. The van der Waals surface area contributed by atoms with Gasteiger partial charge in [0, 0.05) is 17.8 Å². The van der Waals surface area contributed by atoms with E-state index in [1.807, 2.05) is 50.2 Å². The van der Waals surface area contributed by atoms with Crippen LogP contribution in [-0.4, -0.2) is 20.5 Å². The van der Waals surface area contributed by atoms with E-state index in [2.05, 4.69) is 15.4 Å². The van der Waals surface area contributed by atoms with E-state index in [4.69, 9.17) is 0 Å². The van der Waals surface area contributed by atoms with Crippen LogP contribution in [0.4, 0.5) is 10.2 Å². The van der Waals surface area contributed by atoms with Gasteiger partial charge in [-0.2, -0.15) is 0 Å². The molecule has 6 heteroatoms. The van der Waals surface area contributed by atoms with Gasteiger partial charge in [0.15, 0.2) is 11.5 Å². The zero-order chi connectivity index (χ0) is 20.4. The van der Waals surface area contributed by atoms with E-state index in [1.165, 1.54) is 12.1 Å². The first kappa shape index (κ1) is 18.8. The third kappa shape index (κ3) is 4.01. The van der Waals surface area contributed by atoms with Crippen molar-refractivity contribution in [2.24, 2.45) is 0 Å². The third-order valence-corrected chi connectivity index (χ3v) is 4.77. The fraction of sp³-hybridized carbons (Fsp3) is 0.174. The fourth-order valence-electron chi connectivity index (χ4n) is 3.39. The van der Waals surface area contributed by atoms with E-state index < -0.39 is 0 Å². The highest BCUT2D eigenvalue weighted by Crippen LogP contribution is 2.32. The maximum absolute atomic E-state index is 13.4. The molecule has 0 aliphatic rings. The van der Waals surface area contributed by atoms with Crippen molar-refractivity contribution in [1.82, 2.24) is 14.6 Å². The van der Waals surface area contributed by atoms with Crippen molar-refractivity contribution in [1.29, 1.82) is 0 Å². The van der Waals surface area contributed by atoms with Gasteiger partial charge in [-0.05, 0) is 49.6 Å². The minimum absolute atomic E-state index is 0.130. The molecule has 0 fully saturated rings. The molecule has 2 aromatic carbocycles. The number of nitrogens with one attached hydrogen (secondary N) is 1. The summed E-state index contributed by atoms with van der Waals surface area (Å²) in [5.41, 5.74) is 4.92. The van der Waals surface area contributed by atoms with E-state index in [1.54, 1.807) is 16.6 Å². The number of carbonyl (C=O) groups is 1. The van der Waals surface area contributed by atoms with Gasteiger partial charge in [0.05, 0.1) is 5.56 Å². The van der Waals surface area contributed by atoms with Gasteiger partial charge in [0.1, 0.15) is 5.82 Å². The Kier molecular flexibility index (Phi) is 5.08. The number of halogens is 1. The van der Waals surface area contributed by atoms with Crippen molar-refractivity contribution < 1.29 is 9.18 Å². The summed E-state index contributed by atoms with van der Waals surface area (Å²) in [6.07, 6.45) is 0.981. The van der Waals surface area contributed by atoms with Crippen molar-refractivity contribution in [3.63, 3.8) is 0 Å². The summed E-state index contributed by atoms with van der Waals surface area (Å²) in [5, 5.41) is 7.50. The number of fused-ring (bicyclic) bond motifs is 1. The van der Waals surface area contributed by atoms with Crippen molar-refractivity contribution >= 4 is 17.4 Å². The lowest BCUT2D eigenvalue weighted by atomic mass is 10.1. The van der Waals surface area contributed by atoms with Gasteiger partial charge in [0.25, 0.3) is 0 Å². The van der Waals surface area contributed by atoms with Crippen LogP contribution in [0.2, 0.25) is 0 Å². The average molecular weight is 388 g/mol. The summed E-state index contributed by atoms with van der Waals surface area (Å²) >= 11 is 0.